The molecule has 10 heteroatoms. The van der Waals surface area contributed by atoms with E-state index in [0.29, 0.717) is 11.8 Å². The zero-order valence-corrected chi connectivity index (χ0v) is 23.3. The first kappa shape index (κ1) is 28.8. The molecule has 3 rings (SSSR count). The summed E-state index contributed by atoms with van der Waals surface area (Å²) in [6.07, 6.45) is 3.32. The number of aliphatic hydroxyl groups is 2. The lowest BCUT2D eigenvalue weighted by Crippen LogP contribution is -2.24. The minimum absolute atomic E-state index is 0.0227. The third kappa shape index (κ3) is 8.35. The highest BCUT2D eigenvalue weighted by molar-refractivity contribution is 8.01. The third-order valence-corrected chi connectivity index (χ3v) is 10.0. The predicted molar refractivity (Wildman–Crippen MR) is 144 cm³/mol. The van der Waals surface area contributed by atoms with Crippen molar-refractivity contribution in [2.45, 2.75) is 59.4 Å². The molecule has 194 valence electrons. The van der Waals surface area contributed by atoms with Gasteiger partial charge in [0.2, 0.25) is 0 Å². The molecule has 0 aliphatic heterocycles. The number of thioether (sulfide) groups is 2. The fourth-order valence-electron chi connectivity index (χ4n) is 4.27. The molecule has 0 saturated heterocycles. The van der Waals surface area contributed by atoms with E-state index in [9.17, 15) is 9.90 Å². The summed E-state index contributed by atoms with van der Waals surface area (Å²) in [4.78, 5) is 17.4. The van der Waals surface area contributed by atoms with Gasteiger partial charge in [0.15, 0.2) is 10.0 Å². The number of methoxy groups -OCH3 is 1. The van der Waals surface area contributed by atoms with Gasteiger partial charge in [-0.25, -0.2) is 9.78 Å². The van der Waals surface area contributed by atoms with Gasteiger partial charge in [0.05, 0.1) is 24.2 Å². The van der Waals surface area contributed by atoms with Gasteiger partial charge in [0, 0.05) is 28.9 Å². The van der Waals surface area contributed by atoms with Crippen molar-refractivity contribution in [2.75, 3.05) is 31.8 Å². The fourth-order valence-corrected chi connectivity index (χ4v) is 8.01. The van der Waals surface area contributed by atoms with Gasteiger partial charge in [-0.15, -0.1) is 34.7 Å². The highest BCUT2D eigenvalue weighted by Gasteiger charge is 2.42. The van der Waals surface area contributed by atoms with Crippen molar-refractivity contribution in [3.05, 3.63) is 40.9 Å². The van der Waals surface area contributed by atoms with E-state index in [2.05, 4.69) is 24.0 Å². The Labute approximate surface area is 225 Å². The minimum atomic E-state index is -0.504. The molecule has 5 atom stereocenters. The summed E-state index contributed by atoms with van der Waals surface area (Å²) in [6.45, 7) is 1.85. The summed E-state index contributed by atoms with van der Waals surface area (Å²) in [7, 11) is 1.73. The Hall–Kier alpha value is -0.810. The predicted octanol–water partition coefficient (Wildman–Crippen LogP) is 5.66. The van der Waals surface area contributed by atoms with Crippen LogP contribution in [0.1, 0.15) is 54.8 Å². The Morgan fingerprint density at radius 3 is 2.77 bits per heavy atom. The van der Waals surface area contributed by atoms with Crippen molar-refractivity contribution in [2.24, 2.45) is 11.8 Å². The Morgan fingerprint density at radius 1 is 1.31 bits per heavy atom. The lowest BCUT2D eigenvalue weighted by molar-refractivity contribution is 0.0427. The number of aromatic nitrogens is 1. The topological polar surface area (TPSA) is 88.9 Å². The molecule has 3 unspecified atom stereocenters. The van der Waals surface area contributed by atoms with Crippen LogP contribution in [0.15, 0.2) is 38.9 Å². The summed E-state index contributed by atoms with van der Waals surface area (Å²) in [5.41, 5.74) is 1.25. The molecule has 1 aromatic carbocycles. The molecule has 2 N–H and O–H groups in total. The minimum Gasteiger partial charge on any atom is -0.459 e. The van der Waals surface area contributed by atoms with Crippen molar-refractivity contribution in [3.8, 4) is 0 Å². The maximum Gasteiger partial charge on any atom is 0.357 e. The van der Waals surface area contributed by atoms with Crippen LogP contribution in [-0.4, -0.2) is 64.5 Å². The second-order valence-electron chi connectivity index (χ2n) is 8.56. The number of benzene rings is 1. The molecule has 2 aromatic rings. The highest BCUT2D eigenvalue weighted by Crippen LogP contribution is 2.43. The van der Waals surface area contributed by atoms with E-state index in [-0.39, 0.29) is 30.4 Å². The zero-order chi connectivity index (χ0) is 25.2. The molecule has 1 saturated carbocycles. The first-order valence-corrected chi connectivity index (χ1v) is 15.2. The van der Waals surface area contributed by atoms with Crippen LogP contribution in [0.2, 0.25) is 0 Å². The van der Waals surface area contributed by atoms with Gasteiger partial charge in [0.25, 0.3) is 0 Å². The Morgan fingerprint density at radius 2 is 2.09 bits per heavy atom. The molecule has 1 heterocycles. The average Bonchev–Trinajstić information content (AvgIpc) is 3.46. The quantitative estimate of drug-likeness (QED) is 0.174. The lowest BCUT2D eigenvalue weighted by atomic mass is 9.95. The second-order valence-corrected chi connectivity index (χ2v) is 12.4. The Kier molecular flexibility index (Phi) is 12.2. The number of nitrogens with zero attached hydrogens (tertiary/aromatic N) is 1. The Bertz CT molecular complexity index is 913. The first-order chi connectivity index (χ1) is 17.0. The molecule has 35 heavy (non-hydrogen) atoms. The molecule has 1 fully saturated rings. The number of carbonyl (C=O) groups excluding carboxylic acids is 1. The largest absolute Gasteiger partial charge is 0.459 e. The standard InChI is InChI=1S/C25H34ClNO5S3/c1-3-4-21(29)16-5-7-18(8-6-16)34-14-19-17(13-22(31-2)23(19)26)9-12-33-25-27-20(15-35-25)24(30)32-11-10-28/h5-8,15,17,19,21-23,28-29H,3-4,9-14H2,1-2H3/t17-,19+,21?,22?,23?/m0/s1. The van der Waals surface area contributed by atoms with Crippen molar-refractivity contribution >= 4 is 52.4 Å². The number of hydrogen-bond acceptors (Lipinski definition) is 9. The van der Waals surface area contributed by atoms with Crippen LogP contribution in [0.5, 0.6) is 0 Å². The number of hydrogen-bond donors (Lipinski definition) is 2. The number of thiazole rings is 1. The third-order valence-electron chi connectivity index (χ3n) is 6.21. The molecule has 1 aliphatic rings. The van der Waals surface area contributed by atoms with Crippen LogP contribution in [0, 0.1) is 11.8 Å². The van der Waals surface area contributed by atoms with Crippen molar-refractivity contribution < 1.29 is 24.5 Å². The second kappa shape index (κ2) is 14.8. The van der Waals surface area contributed by atoms with Gasteiger partial charge in [-0.2, -0.15) is 0 Å². The monoisotopic (exact) mass is 559 g/mol. The van der Waals surface area contributed by atoms with Gasteiger partial charge >= 0.3 is 5.97 Å². The molecule has 0 bridgehead atoms. The van der Waals surface area contributed by atoms with Crippen LogP contribution < -0.4 is 0 Å². The van der Waals surface area contributed by atoms with Gasteiger partial charge in [-0.05, 0) is 48.8 Å². The molecule has 1 aliphatic carbocycles. The first-order valence-electron chi connectivity index (χ1n) is 11.9. The van der Waals surface area contributed by atoms with E-state index in [0.717, 1.165) is 47.1 Å². The molecule has 0 amide bonds. The normalized spacial score (nSPS) is 22.9. The fraction of sp³-hybridized carbons (Fsp3) is 0.600. The zero-order valence-electron chi connectivity index (χ0n) is 20.1. The number of aliphatic hydroxyl groups excluding tert-OH is 2. The number of esters is 1. The van der Waals surface area contributed by atoms with E-state index in [4.69, 9.17) is 26.2 Å². The molecule has 0 spiro atoms. The van der Waals surface area contributed by atoms with E-state index >= 15 is 0 Å². The summed E-state index contributed by atoms with van der Waals surface area (Å²) >= 11 is 11.7. The number of carbonyl (C=O) groups is 1. The lowest BCUT2D eigenvalue weighted by Gasteiger charge is -2.21. The van der Waals surface area contributed by atoms with Gasteiger partial charge < -0.3 is 19.7 Å². The molecule has 0 radical (unpaired) electrons. The van der Waals surface area contributed by atoms with Crippen LogP contribution in [0.3, 0.4) is 0 Å². The van der Waals surface area contributed by atoms with Crippen LogP contribution in [0.25, 0.3) is 0 Å². The van der Waals surface area contributed by atoms with Gasteiger partial charge in [-0.3, -0.25) is 0 Å². The smallest absolute Gasteiger partial charge is 0.357 e. The van der Waals surface area contributed by atoms with E-state index in [1.54, 1.807) is 36.0 Å². The summed E-state index contributed by atoms with van der Waals surface area (Å²) in [6, 6.07) is 8.20. The number of ether oxygens (including phenoxy) is 2. The van der Waals surface area contributed by atoms with Crippen molar-refractivity contribution in [3.63, 3.8) is 0 Å². The Balaban J connectivity index is 1.52. The van der Waals surface area contributed by atoms with E-state index < -0.39 is 12.1 Å². The summed E-state index contributed by atoms with van der Waals surface area (Å²) < 4.78 is 11.4. The molecular formula is C25H34ClNO5S3. The number of halogens is 1. The van der Waals surface area contributed by atoms with Crippen molar-refractivity contribution in [1.29, 1.82) is 0 Å². The maximum absolute atomic E-state index is 11.9. The van der Waals surface area contributed by atoms with Gasteiger partial charge in [-0.1, -0.05) is 37.2 Å². The van der Waals surface area contributed by atoms with E-state index in [1.807, 2.05) is 12.1 Å². The molecule has 6 nitrogen and oxygen atoms in total. The van der Waals surface area contributed by atoms with Gasteiger partial charge in [0.1, 0.15) is 6.61 Å². The van der Waals surface area contributed by atoms with Crippen LogP contribution in [0.4, 0.5) is 0 Å². The summed E-state index contributed by atoms with van der Waals surface area (Å²) in [5, 5.41) is 20.6. The summed E-state index contributed by atoms with van der Waals surface area (Å²) in [5.74, 6) is 2.07. The van der Waals surface area contributed by atoms with Crippen LogP contribution in [-0.2, 0) is 9.47 Å². The van der Waals surface area contributed by atoms with Crippen molar-refractivity contribution in [1.82, 2.24) is 4.98 Å². The number of alkyl halides is 1. The average molecular weight is 560 g/mol. The molecular weight excluding hydrogens is 526 g/mol. The maximum atomic E-state index is 11.9. The van der Waals surface area contributed by atoms with E-state index in [1.165, 1.54) is 16.2 Å². The highest BCUT2D eigenvalue weighted by atomic mass is 35.5. The van der Waals surface area contributed by atoms with Crippen LogP contribution >= 0.6 is 46.5 Å². The SMILES string of the molecule is CCCC(O)c1ccc(SC[C@H]2C(Cl)C(OC)C[C@@H]2CCSc2nc(C(=O)OCCO)cs2)cc1. The number of rotatable bonds is 14. The molecule has 1 aromatic heterocycles.